The number of rotatable bonds is 2. The first-order valence-electron chi connectivity index (χ1n) is 8.00. The fourth-order valence-electron chi connectivity index (χ4n) is 3.45. The molecule has 1 fully saturated rings. The molecule has 6 heteroatoms. The van der Waals surface area contributed by atoms with E-state index in [2.05, 4.69) is 11.4 Å². The number of nitrogens with one attached hydrogen (secondary N) is 1. The molecule has 2 aliphatic rings. The number of fused-ring (bicyclic) bond motifs is 2. The zero-order valence-electron chi connectivity index (χ0n) is 13.4. The van der Waals surface area contributed by atoms with Crippen molar-refractivity contribution in [3.63, 3.8) is 0 Å². The summed E-state index contributed by atoms with van der Waals surface area (Å²) < 4.78 is 5.62. The van der Waals surface area contributed by atoms with E-state index in [1.807, 2.05) is 12.1 Å². The van der Waals surface area contributed by atoms with Crippen LogP contribution in [0, 0.1) is 11.3 Å². The molecule has 2 aromatic carbocycles. The minimum absolute atomic E-state index is 0.0686. The lowest BCUT2D eigenvalue weighted by Gasteiger charge is -2.33. The Labute approximate surface area is 144 Å². The molecule has 2 aromatic rings. The number of hydrogen-bond acceptors (Lipinski definition) is 4. The standard InChI is InChI=1S/C19H15N3O3/c20-11-13-5-1-2-6-14(13)12-22-17(23)19(21-18(22)24)9-10-25-16-8-4-3-7-15(16)19/h1-8H,9-10,12H2,(H,21,24)/t19-/m0/s1. The van der Waals surface area contributed by atoms with Crippen LogP contribution in [0.4, 0.5) is 4.79 Å². The fraction of sp³-hybridized carbons (Fsp3) is 0.211. The van der Waals surface area contributed by atoms with E-state index in [1.54, 1.807) is 36.4 Å². The second kappa shape index (κ2) is 5.64. The third-order valence-corrected chi connectivity index (χ3v) is 4.72. The zero-order valence-corrected chi connectivity index (χ0v) is 13.4. The quantitative estimate of drug-likeness (QED) is 0.855. The van der Waals surface area contributed by atoms with E-state index < -0.39 is 11.6 Å². The van der Waals surface area contributed by atoms with Gasteiger partial charge in [-0.2, -0.15) is 5.26 Å². The normalized spacial score (nSPS) is 21.5. The molecule has 0 saturated carbocycles. The van der Waals surface area contributed by atoms with Crippen LogP contribution in [-0.4, -0.2) is 23.4 Å². The fourth-order valence-corrected chi connectivity index (χ4v) is 3.45. The monoisotopic (exact) mass is 333 g/mol. The summed E-state index contributed by atoms with van der Waals surface area (Å²) in [6, 6.07) is 15.9. The SMILES string of the molecule is N#Cc1ccccc1CN1C(=O)N[C@]2(CCOc3ccccc32)C1=O. The number of nitriles is 1. The first-order valence-corrected chi connectivity index (χ1v) is 8.00. The van der Waals surface area contributed by atoms with Crippen LogP contribution >= 0.6 is 0 Å². The average Bonchev–Trinajstić information content (AvgIpc) is 2.87. The van der Waals surface area contributed by atoms with E-state index in [9.17, 15) is 14.9 Å². The molecule has 0 aromatic heterocycles. The highest BCUT2D eigenvalue weighted by Crippen LogP contribution is 2.41. The summed E-state index contributed by atoms with van der Waals surface area (Å²) in [5.74, 6) is 0.308. The maximum Gasteiger partial charge on any atom is 0.325 e. The maximum absolute atomic E-state index is 13.2. The Hall–Kier alpha value is -3.33. The van der Waals surface area contributed by atoms with Gasteiger partial charge in [-0.25, -0.2) is 4.79 Å². The van der Waals surface area contributed by atoms with E-state index in [1.165, 1.54) is 4.90 Å². The molecule has 0 aliphatic carbocycles. The highest BCUT2D eigenvalue weighted by atomic mass is 16.5. The molecule has 1 saturated heterocycles. The predicted molar refractivity (Wildman–Crippen MR) is 88.5 cm³/mol. The Morgan fingerprint density at radius 3 is 2.76 bits per heavy atom. The van der Waals surface area contributed by atoms with Crippen molar-refractivity contribution in [3.8, 4) is 11.8 Å². The van der Waals surface area contributed by atoms with Gasteiger partial charge in [0.1, 0.15) is 5.75 Å². The van der Waals surface area contributed by atoms with E-state index in [-0.39, 0.29) is 12.5 Å². The lowest BCUT2D eigenvalue weighted by atomic mass is 9.84. The molecule has 0 bridgehead atoms. The van der Waals surface area contributed by atoms with Gasteiger partial charge in [0.25, 0.3) is 5.91 Å². The Bertz CT molecular complexity index is 918. The summed E-state index contributed by atoms with van der Waals surface area (Å²) in [4.78, 5) is 26.9. The first-order chi connectivity index (χ1) is 12.2. The Balaban J connectivity index is 1.72. The molecule has 3 amide bonds. The number of ether oxygens (including phenoxy) is 1. The van der Waals surface area contributed by atoms with Gasteiger partial charge in [-0.15, -0.1) is 0 Å². The number of hydrogen-bond donors (Lipinski definition) is 1. The van der Waals surface area contributed by atoms with Crippen molar-refractivity contribution in [1.82, 2.24) is 10.2 Å². The van der Waals surface area contributed by atoms with Gasteiger partial charge >= 0.3 is 6.03 Å². The molecular weight excluding hydrogens is 318 g/mol. The van der Waals surface area contributed by atoms with Gasteiger partial charge in [0.15, 0.2) is 5.54 Å². The molecule has 6 nitrogen and oxygen atoms in total. The van der Waals surface area contributed by atoms with E-state index in [0.29, 0.717) is 35.5 Å². The van der Waals surface area contributed by atoms with Gasteiger partial charge in [-0.1, -0.05) is 36.4 Å². The van der Waals surface area contributed by atoms with Gasteiger partial charge in [-0.3, -0.25) is 9.69 Å². The number of carbonyl (C=O) groups excluding carboxylic acids is 2. The minimum Gasteiger partial charge on any atom is -0.493 e. The summed E-state index contributed by atoms with van der Waals surface area (Å²) >= 11 is 0. The van der Waals surface area contributed by atoms with Crippen molar-refractivity contribution in [1.29, 1.82) is 5.26 Å². The van der Waals surface area contributed by atoms with Crippen molar-refractivity contribution in [3.05, 3.63) is 65.2 Å². The largest absolute Gasteiger partial charge is 0.493 e. The van der Waals surface area contributed by atoms with E-state index in [0.717, 1.165) is 0 Å². The van der Waals surface area contributed by atoms with Gasteiger partial charge in [0.2, 0.25) is 0 Å². The van der Waals surface area contributed by atoms with Crippen LogP contribution in [0.2, 0.25) is 0 Å². The van der Waals surface area contributed by atoms with Crippen LogP contribution in [0.1, 0.15) is 23.1 Å². The van der Waals surface area contributed by atoms with Crippen molar-refractivity contribution in [2.75, 3.05) is 6.61 Å². The minimum atomic E-state index is -1.09. The number of benzene rings is 2. The maximum atomic E-state index is 13.2. The van der Waals surface area contributed by atoms with Crippen molar-refractivity contribution >= 4 is 11.9 Å². The lowest BCUT2D eigenvalue weighted by Crippen LogP contribution is -2.47. The molecule has 1 atom stereocenters. The summed E-state index contributed by atoms with van der Waals surface area (Å²) in [5, 5.41) is 12.1. The number of imide groups is 1. The summed E-state index contributed by atoms with van der Waals surface area (Å²) in [7, 11) is 0. The van der Waals surface area contributed by atoms with Crippen LogP contribution in [0.5, 0.6) is 5.75 Å². The number of nitrogens with zero attached hydrogens (tertiary/aromatic N) is 2. The summed E-state index contributed by atoms with van der Waals surface area (Å²) in [5.41, 5.74) is 0.686. The summed E-state index contributed by atoms with van der Waals surface area (Å²) in [6.07, 6.45) is 0.380. The van der Waals surface area contributed by atoms with Crippen LogP contribution < -0.4 is 10.1 Å². The highest BCUT2D eigenvalue weighted by Gasteiger charge is 2.54. The molecule has 1 N–H and O–H groups in total. The topological polar surface area (TPSA) is 82.4 Å². The van der Waals surface area contributed by atoms with Crippen LogP contribution in [0.3, 0.4) is 0 Å². The van der Waals surface area contributed by atoms with Gasteiger partial charge in [-0.05, 0) is 17.7 Å². The third-order valence-electron chi connectivity index (χ3n) is 4.72. The number of urea groups is 1. The molecule has 25 heavy (non-hydrogen) atoms. The van der Waals surface area contributed by atoms with E-state index in [4.69, 9.17) is 4.74 Å². The number of carbonyl (C=O) groups is 2. The first kappa shape index (κ1) is 15.2. The molecule has 0 unspecified atom stereocenters. The molecule has 4 rings (SSSR count). The molecule has 124 valence electrons. The molecule has 1 spiro atoms. The molecule has 0 radical (unpaired) electrons. The second-order valence-electron chi connectivity index (χ2n) is 6.09. The second-order valence-corrected chi connectivity index (χ2v) is 6.09. The Morgan fingerprint density at radius 1 is 1.16 bits per heavy atom. The van der Waals surface area contributed by atoms with Gasteiger partial charge < -0.3 is 10.1 Å². The number of amides is 3. The predicted octanol–water partition coefficient (Wildman–Crippen LogP) is 2.29. The highest BCUT2D eigenvalue weighted by molar-refractivity contribution is 6.07. The average molecular weight is 333 g/mol. The van der Waals surface area contributed by atoms with Crippen molar-refractivity contribution < 1.29 is 14.3 Å². The molecule has 2 aliphatic heterocycles. The van der Waals surface area contributed by atoms with Crippen LogP contribution in [-0.2, 0) is 16.9 Å². The zero-order chi connectivity index (χ0) is 17.4. The van der Waals surface area contributed by atoms with Gasteiger partial charge in [0.05, 0.1) is 24.8 Å². The smallest absolute Gasteiger partial charge is 0.325 e. The molecule has 2 heterocycles. The summed E-state index contributed by atoms with van der Waals surface area (Å²) in [6.45, 7) is 0.421. The van der Waals surface area contributed by atoms with E-state index >= 15 is 0 Å². The van der Waals surface area contributed by atoms with Crippen molar-refractivity contribution in [2.24, 2.45) is 0 Å². The van der Waals surface area contributed by atoms with Gasteiger partial charge in [0, 0.05) is 12.0 Å². The number of para-hydroxylation sites is 1. The Morgan fingerprint density at radius 2 is 1.92 bits per heavy atom. The lowest BCUT2D eigenvalue weighted by molar-refractivity contribution is -0.133. The molecular formula is C19H15N3O3. The third kappa shape index (κ3) is 2.24. The Kier molecular flexibility index (Phi) is 3.43. The van der Waals surface area contributed by atoms with Crippen molar-refractivity contribution in [2.45, 2.75) is 18.5 Å². The van der Waals surface area contributed by atoms with Crippen LogP contribution in [0.25, 0.3) is 0 Å². The van der Waals surface area contributed by atoms with Crippen LogP contribution in [0.15, 0.2) is 48.5 Å².